The van der Waals surface area contributed by atoms with Crippen molar-refractivity contribution in [1.82, 2.24) is 14.7 Å². The van der Waals surface area contributed by atoms with Gasteiger partial charge in [-0.25, -0.2) is 4.79 Å². The van der Waals surface area contributed by atoms with Crippen LogP contribution in [0.5, 0.6) is 0 Å². The summed E-state index contributed by atoms with van der Waals surface area (Å²) >= 11 is 0. The standard InChI is InChI=1S/C18H31N3O4/c1-19(2)16(22)12-24-14-18-7-5-11-25-15(18)6-10-21(13-18)17(23)20-8-3-4-9-20/h15H,3-14H2,1-2H3/t15-,18+/m1/s1. The van der Waals surface area contributed by atoms with Crippen LogP contribution in [-0.4, -0.2) is 92.8 Å². The zero-order chi connectivity index (χ0) is 17.9. The van der Waals surface area contributed by atoms with Gasteiger partial charge in [-0.2, -0.15) is 0 Å². The molecule has 0 aromatic rings. The second-order valence-electron chi connectivity index (χ2n) is 7.79. The molecule has 142 valence electrons. The Balaban J connectivity index is 1.63. The average molecular weight is 353 g/mol. The number of hydrogen-bond acceptors (Lipinski definition) is 4. The Bertz CT molecular complexity index is 493. The van der Waals surface area contributed by atoms with Gasteiger partial charge < -0.3 is 24.2 Å². The second-order valence-corrected chi connectivity index (χ2v) is 7.79. The Morgan fingerprint density at radius 3 is 2.64 bits per heavy atom. The summed E-state index contributed by atoms with van der Waals surface area (Å²) in [5.74, 6) is -0.0366. The van der Waals surface area contributed by atoms with E-state index in [2.05, 4.69) is 0 Å². The molecule has 0 saturated carbocycles. The molecule has 0 aromatic carbocycles. The third-order valence-electron chi connectivity index (χ3n) is 5.75. The van der Waals surface area contributed by atoms with Crippen LogP contribution in [0.3, 0.4) is 0 Å². The number of carbonyl (C=O) groups excluding carboxylic acids is 2. The van der Waals surface area contributed by atoms with E-state index in [1.165, 1.54) is 4.90 Å². The van der Waals surface area contributed by atoms with E-state index < -0.39 is 0 Å². The van der Waals surface area contributed by atoms with Crippen molar-refractivity contribution >= 4 is 11.9 Å². The van der Waals surface area contributed by atoms with Gasteiger partial charge >= 0.3 is 6.03 Å². The molecule has 3 rings (SSSR count). The molecule has 2 atom stereocenters. The summed E-state index contributed by atoms with van der Waals surface area (Å²) in [5, 5.41) is 0. The van der Waals surface area contributed by atoms with Crippen LogP contribution >= 0.6 is 0 Å². The summed E-state index contributed by atoms with van der Waals surface area (Å²) in [4.78, 5) is 30.1. The summed E-state index contributed by atoms with van der Waals surface area (Å²) in [7, 11) is 3.46. The molecule has 0 radical (unpaired) electrons. The largest absolute Gasteiger partial charge is 0.377 e. The summed E-state index contributed by atoms with van der Waals surface area (Å²) in [5.41, 5.74) is -0.182. The van der Waals surface area contributed by atoms with E-state index in [0.717, 1.165) is 58.3 Å². The van der Waals surface area contributed by atoms with Crippen molar-refractivity contribution < 1.29 is 19.1 Å². The highest BCUT2D eigenvalue weighted by Gasteiger charge is 2.47. The predicted molar refractivity (Wildman–Crippen MR) is 93.3 cm³/mol. The van der Waals surface area contributed by atoms with E-state index in [1.807, 2.05) is 9.80 Å². The molecule has 3 amide bonds. The van der Waals surface area contributed by atoms with Crippen LogP contribution in [0.4, 0.5) is 4.79 Å². The smallest absolute Gasteiger partial charge is 0.320 e. The number of piperidine rings is 1. The minimum atomic E-state index is -0.182. The first-order valence-corrected chi connectivity index (χ1v) is 9.45. The number of rotatable bonds is 4. The van der Waals surface area contributed by atoms with Crippen LogP contribution in [0.25, 0.3) is 0 Å². The molecular formula is C18H31N3O4. The lowest BCUT2D eigenvalue weighted by atomic mass is 9.73. The molecule has 25 heavy (non-hydrogen) atoms. The third-order valence-corrected chi connectivity index (χ3v) is 5.75. The van der Waals surface area contributed by atoms with Gasteiger partial charge in [-0.1, -0.05) is 0 Å². The summed E-state index contributed by atoms with van der Waals surface area (Å²) in [6.07, 6.45) is 5.15. The number of fused-ring (bicyclic) bond motifs is 1. The van der Waals surface area contributed by atoms with Gasteiger partial charge in [-0.3, -0.25) is 4.79 Å². The van der Waals surface area contributed by atoms with Gasteiger partial charge in [0.05, 0.1) is 12.7 Å². The quantitative estimate of drug-likeness (QED) is 0.761. The minimum absolute atomic E-state index is 0.0366. The van der Waals surface area contributed by atoms with E-state index in [1.54, 1.807) is 14.1 Å². The highest BCUT2D eigenvalue weighted by atomic mass is 16.5. The van der Waals surface area contributed by atoms with Gasteiger partial charge in [0.2, 0.25) is 5.91 Å². The highest BCUT2D eigenvalue weighted by molar-refractivity contribution is 5.76. The zero-order valence-corrected chi connectivity index (χ0v) is 15.5. The molecule has 3 aliphatic heterocycles. The molecule has 3 aliphatic rings. The molecule has 0 unspecified atom stereocenters. The van der Waals surface area contributed by atoms with E-state index in [9.17, 15) is 9.59 Å². The Morgan fingerprint density at radius 2 is 1.92 bits per heavy atom. The monoisotopic (exact) mass is 353 g/mol. The van der Waals surface area contributed by atoms with Crippen LogP contribution in [0, 0.1) is 5.41 Å². The van der Waals surface area contributed by atoms with Crippen LogP contribution in [-0.2, 0) is 14.3 Å². The summed E-state index contributed by atoms with van der Waals surface area (Å²) < 4.78 is 11.8. The number of nitrogens with zero attached hydrogens (tertiary/aromatic N) is 3. The molecule has 7 heteroatoms. The SMILES string of the molecule is CN(C)C(=O)COC[C@@]12CCCO[C@@H]1CCN(C(=O)N1CCCC1)C2. The van der Waals surface area contributed by atoms with Gasteiger partial charge in [-0.05, 0) is 32.1 Å². The van der Waals surface area contributed by atoms with Crippen LogP contribution < -0.4 is 0 Å². The van der Waals surface area contributed by atoms with Gasteiger partial charge in [0, 0.05) is 52.3 Å². The maximum absolute atomic E-state index is 12.8. The number of urea groups is 1. The Hall–Kier alpha value is -1.34. The predicted octanol–water partition coefficient (Wildman–Crippen LogP) is 1.18. The number of hydrogen-bond donors (Lipinski definition) is 0. The zero-order valence-electron chi connectivity index (χ0n) is 15.5. The van der Waals surface area contributed by atoms with Crippen molar-refractivity contribution in [3.8, 4) is 0 Å². The Kier molecular flexibility index (Phi) is 5.84. The van der Waals surface area contributed by atoms with Crippen molar-refractivity contribution in [2.45, 2.75) is 38.2 Å². The van der Waals surface area contributed by atoms with E-state index in [4.69, 9.17) is 9.47 Å². The maximum atomic E-state index is 12.8. The fourth-order valence-electron chi connectivity index (χ4n) is 4.24. The molecular weight excluding hydrogens is 322 g/mol. The van der Waals surface area contributed by atoms with Crippen molar-refractivity contribution in [1.29, 1.82) is 0 Å². The molecule has 0 aromatic heterocycles. The topological polar surface area (TPSA) is 62.3 Å². The van der Waals surface area contributed by atoms with Gasteiger partial charge in [0.25, 0.3) is 0 Å². The van der Waals surface area contributed by atoms with E-state index in [-0.39, 0.29) is 30.1 Å². The van der Waals surface area contributed by atoms with Crippen molar-refractivity contribution in [2.24, 2.45) is 5.41 Å². The lowest BCUT2D eigenvalue weighted by Crippen LogP contribution is -2.59. The van der Waals surface area contributed by atoms with Crippen molar-refractivity contribution in [3.63, 3.8) is 0 Å². The Morgan fingerprint density at radius 1 is 1.16 bits per heavy atom. The minimum Gasteiger partial charge on any atom is -0.377 e. The molecule has 0 spiro atoms. The first-order valence-electron chi connectivity index (χ1n) is 9.45. The number of likely N-dealkylation sites (tertiary alicyclic amines) is 2. The molecule has 3 heterocycles. The highest BCUT2D eigenvalue weighted by Crippen LogP contribution is 2.40. The molecule has 0 aliphatic carbocycles. The number of ether oxygens (including phenoxy) is 2. The molecule has 0 N–H and O–H groups in total. The molecule has 3 saturated heterocycles. The van der Waals surface area contributed by atoms with Gasteiger partial charge in [0.1, 0.15) is 6.61 Å². The molecule has 0 bridgehead atoms. The van der Waals surface area contributed by atoms with Crippen LogP contribution in [0.15, 0.2) is 0 Å². The third kappa shape index (κ3) is 4.08. The summed E-state index contributed by atoms with van der Waals surface area (Å²) in [6, 6.07) is 0.158. The normalized spacial score (nSPS) is 29.4. The number of carbonyl (C=O) groups is 2. The van der Waals surface area contributed by atoms with Crippen LogP contribution in [0.2, 0.25) is 0 Å². The molecule has 7 nitrogen and oxygen atoms in total. The van der Waals surface area contributed by atoms with Crippen molar-refractivity contribution in [2.75, 3.05) is 60.1 Å². The fourth-order valence-corrected chi connectivity index (χ4v) is 4.24. The van der Waals surface area contributed by atoms with E-state index in [0.29, 0.717) is 13.2 Å². The molecule has 3 fully saturated rings. The first kappa shape index (κ1) is 18.5. The summed E-state index contributed by atoms with van der Waals surface area (Å²) in [6.45, 7) is 4.50. The Labute approximate surface area is 150 Å². The average Bonchev–Trinajstić information content (AvgIpc) is 3.15. The lowest BCUT2D eigenvalue weighted by molar-refractivity contribution is -0.155. The van der Waals surface area contributed by atoms with Crippen molar-refractivity contribution in [3.05, 3.63) is 0 Å². The maximum Gasteiger partial charge on any atom is 0.320 e. The number of amides is 3. The second kappa shape index (κ2) is 7.91. The number of likely N-dealkylation sites (N-methyl/N-ethyl adjacent to an activating group) is 1. The van der Waals surface area contributed by atoms with Gasteiger partial charge in [-0.15, -0.1) is 0 Å². The van der Waals surface area contributed by atoms with E-state index >= 15 is 0 Å². The first-order chi connectivity index (χ1) is 12.0. The lowest BCUT2D eigenvalue weighted by Gasteiger charge is -2.50. The van der Waals surface area contributed by atoms with Gasteiger partial charge in [0.15, 0.2) is 0 Å². The fraction of sp³-hybridized carbons (Fsp3) is 0.889. The van der Waals surface area contributed by atoms with Crippen LogP contribution in [0.1, 0.15) is 32.1 Å².